The van der Waals surface area contributed by atoms with E-state index in [0.29, 0.717) is 6.54 Å². The Bertz CT molecular complexity index is 429. The van der Waals surface area contributed by atoms with Crippen LogP contribution >= 0.6 is 0 Å². The average Bonchev–Trinajstić information content (AvgIpc) is 2.51. The lowest BCUT2D eigenvalue weighted by Gasteiger charge is -2.37. The van der Waals surface area contributed by atoms with E-state index in [-0.39, 0.29) is 11.9 Å². The van der Waals surface area contributed by atoms with Crippen molar-refractivity contribution in [3.8, 4) is 0 Å². The van der Waals surface area contributed by atoms with Gasteiger partial charge >= 0.3 is 0 Å². The molecule has 1 aromatic carbocycles. The molecule has 2 N–H and O–H groups in total. The van der Waals surface area contributed by atoms with Gasteiger partial charge in [-0.3, -0.25) is 9.69 Å². The van der Waals surface area contributed by atoms with E-state index in [2.05, 4.69) is 27.5 Å². The van der Waals surface area contributed by atoms with Gasteiger partial charge in [0.15, 0.2) is 0 Å². The third kappa shape index (κ3) is 4.52. The molecule has 116 valence electrons. The number of nitrogens with one attached hydrogen (secondary N) is 2. The summed E-state index contributed by atoms with van der Waals surface area (Å²) in [6.07, 6.45) is 0. The van der Waals surface area contributed by atoms with Crippen LogP contribution in [0.1, 0.15) is 11.6 Å². The van der Waals surface area contributed by atoms with Crippen molar-refractivity contribution in [2.45, 2.75) is 6.04 Å². The van der Waals surface area contributed by atoms with E-state index in [1.165, 1.54) is 0 Å². The lowest BCUT2D eigenvalue weighted by Crippen LogP contribution is -2.50. The van der Waals surface area contributed by atoms with Crippen LogP contribution in [-0.4, -0.2) is 69.1 Å². The van der Waals surface area contributed by atoms with Gasteiger partial charge in [0, 0.05) is 39.3 Å². The molecule has 21 heavy (non-hydrogen) atoms. The van der Waals surface area contributed by atoms with E-state index in [9.17, 15) is 4.79 Å². The first kappa shape index (κ1) is 15.9. The molecule has 1 aliphatic heterocycles. The maximum absolute atomic E-state index is 12.6. The zero-order chi connectivity index (χ0) is 15.1. The van der Waals surface area contributed by atoms with Crippen LogP contribution < -0.4 is 10.6 Å². The van der Waals surface area contributed by atoms with Gasteiger partial charge in [0.25, 0.3) is 0 Å². The molecule has 1 heterocycles. The van der Waals surface area contributed by atoms with Gasteiger partial charge in [-0.15, -0.1) is 0 Å². The minimum atomic E-state index is -0.184. The monoisotopic (exact) mass is 290 g/mol. The van der Waals surface area contributed by atoms with Crippen molar-refractivity contribution >= 4 is 5.91 Å². The predicted molar refractivity (Wildman–Crippen MR) is 85.2 cm³/mol. The Morgan fingerprint density at radius 2 is 1.81 bits per heavy atom. The first-order valence-electron chi connectivity index (χ1n) is 7.62. The minimum absolute atomic E-state index is 0.0982. The van der Waals surface area contributed by atoms with E-state index in [0.717, 1.165) is 38.3 Å². The predicted octanol–water partition coefficient (Wildman–Crippen LogP) is 0.311. The summed E-state index contributed by atoms with van der Waals surface area (Å²) in [5.74, 6) is 0.0982. The fourth-order valence-corrected chi connectivity index (χ4v) is 2.65. The fourth-order valence-electron chi connectivity index (χ4n) is 2.65. The molecule has 0 spiro atoms. The second kappa shape index (κ2) is 8.12. The lowest BCUT2D eigenvalue weighted by molar-refractivity contribution is -0.127. The summed E-state index contributed by atoms with van der Waals surface area (Å²) in [6, 6.07) is 9.89. The van der Waals surface area contributed by atoms with Crippen LogP contribution in [0.15, 0.2) is 30.3 Å². The van der Waals surface area contributed by atoms with Crippen molar-refractivity contribution < 1.29 is 4.79 Å². The Morgan fingerprint density at radius 1 is 1.14 bits per heavy atom. The standard InChI is InChI=1S/C16H26N4O/c1-17-8-9-18-16(21)15(14-6-4-3-5-7-14)20-12-10-19(2)11-13-20/h3-7,15,17H,8-13H2,1-2H3,(H,18,21). The smallest absolute Gasteiger partial charge is 0.242 e. The summed E-state index contributed by atoms with van der Waals surface area (Å²) >= 11 is 0. The van der Waals surface area contributed by atoms with Gasteiger partial charge in [-0.25, -0.2) is 0 Å². The summed E-state index contributed by atoms with van der Waals surface area (Å²) in [7, 11) is 4.02. The topological polar surface area (TPSA) is 47.6 Å². The summed E-state index contributed by atoms with van der Waals surface area (Å²) in [5, 5.41) is 6.09. The highest BCUT2D eigenvalue weighted by Crippen LogP contribution is 2.22. The molecule has 1 aliphatic rings. The molecule has 1 atom stereocenters. The Labute approximate surface area is 127 Å². The summed E-state index contributed by atoms with van der Waals surface area (Å²) in [6.45, 7) is 5.31. The van der Waals surface area contributed by atoms with E-state index in [1.54, 1.807) is 0 Å². The van der Waals surface area contributed by atoms with Gasteiger partial charge in [0.1, 0.15) is 6.04 Å². The largest absolute Gasteiger partial charge is 0.353 e. The summed E-state index contributed by atoms with van der Waals surface area (Å²) in [4.78, 5) is 17.2. The molecule has 0 bridgehead atoms. The second-order valence-electron chi connectivity index (χ2n) is 5.55. The van der Waals surface area contributed by atoms with Crippen LogP contribution in [-0.2, 0) is 4.79 Å². The fraction of sp³-hybridized carbons (Fsp3) is 0.562. The third-order valence-electron chi connectivity index (χ3n) is 3.94. The first-order valence-corrected chi connectivity index (χ1v) is 7.62. The van der Waals surface area contributed by atoms with Gasteiger partial charge in [-0.1, -0.05) is 30.3 Å². The van der Waals surface area contributed by atoms with Gasteiger partial charge in [0.05, 0.1) is 0 Å². The molecular formula is C16H26N4O. The number of carbonyl (C=O) groups excluding carboxylic acids is 1. The van der Waals surface area contributed by atoms with Gasteiger partial charge in [0.2, 0.25) is 5.91 Å². The van der Waals surface area contributed by atoms with E-state index in [4.69, 9.17) is 0 Å². The highest BCUT2D eigenvalue weighted by Gasteiger charge is 2.29. The maximum Gasteiger partial charge on any atom is 0.242 e. The third-order valence-corrected chi connectivity index (χ3v) is 3.94. The number of hydrogen-bond donors (Lipinski definition) is 2. The molecule has 0 aliphatic carbocycles. The SMILES string of the molecule is CNCCNC(=O)C(c1ccccc1)N1CCN(C)CC1. The van der Waals surface area contributed by atoms with E-state index in [1.807, 2.05) is 37.4 Å². The normalized spacial score (nSPS) is 18.4. The van der Waals surface area contributed by atoms with Crippen molar-refractivity contribution in [2.24, 2.45) is 0 Å². The summed E-state index contributed by atoms with van der Waals surface area (Å²) in [5.41, 5.74) is 1.07. The quantitative estimate of drug-likeness (QED) is 0.741. The first-order chi connectivity index (χ1) is 10.2. The van der Waals surface area contributed by atoms with Crippen LogP contribution in [0.2, 0.25) is 0 Å². The Morgan fingerprint density at radius 3 is 2.43 bits per heavy atom. The van der Waals surface area contributed by atoms with Crippen molar-refractivity contribution in [3.05, 3.63) is 35.9 Å². The number of hydrogen-bond acceptors (Lipinski definition) is 4. The van der Waals surface area contributed by atoms with E-state index < -0.39 is 0 Å². The highest BCUT2D eigenvalue weighted by molar-refractivity contribution is 5.83. The number of carbonyl (C=O) groups is 1. The molecule has 0 radical (unpaired) electrons. The van der Waals surface area contributed by atoms with E-state index >= 15 is 0 Å². The van der Waals surface area contributed by atoms with Crippen molar-refractivity contribution in [1.82, 2.24) is 20.4 Å². The molecule has 2 rings (SSSR count). The van der Waals surface area contributed by atoms with Gasteiger partial charge in [-0.2, -0.15) is 0 Å². The number of likely N-dealkylation sites (N-methyl/N-ethyl adjacent to an activating group) is 2. The second-order valence-corrected chi connectivity index (χ2v) is 5.55. The minimum Gasteiger partial charge on any atom is -0.353 e. The molecule has 1 fully saturated rings. The van der Waals surface area contributed by atoms with Crippen molar-refractivity contribution in [3.63, 3.8) is 0 Å². The van der Waals surface area contributed by atoms with Crippen molar-refractivity contribution in [1.29, 1.82) is 0 Å². The average molecular weight is 290 g/mol. The van der Waals surface area contributed by atoms with Crippen LogP contribution in [0.4, 0.5) is 0 Å². The zero-order valence-corrected chi connectivity index (χ0v) is 13.0. The Balaban J connectivity index is 2.09. The molecule has 1 aromatic rings. The number of piperazine rings is 1. The van der Waals surface area contributed by atoms with Crippen LogP contribution in [0.5, 0.6) is 0 Å². The molecule has 0 aromatic heterocycles. The molecular weight excluding hydrogens is 264 g/mol. The maximum atomic E-state index is 12.6. The van der Waals surface area contributed by atoms with Crippen LogP contribution in [0.3, 0.4) is 0 Å². The molecule has 5 nitrogen and oxygen atoms in total. The molecule has 5 heteroatoms. The number of nitrogens with zero attached hydrogens (tertiary/aromatic N) is 2. The molecule has 0 saturated carbocycles. The summed E-state index contributed by atoms with van der Waals surface area (Å²) < 4.78 is 0. The number of amides is 1. The number of benzene rings is 1. The molecule has 1 unspecified atom stereocenters. The molecule has 1 saturated heterocycles. The molecule has 1 amide bonds. The van der Waals surface area contributed by atoms with Gasteiger partial charge < -0.3 is 15.5 Å². The van der Waals surface area contributed by atoms with Gasteiger partial charge in [-0.05, 0) is 19.7 Å². The lowest BCUT2D eigenvalue weighted by atomic mass is 10.0. The van der Waals surface area contributed by atoms with Crippen LogP contribution in [0.25, 0.3) is 0 Å². The Kier molecular flexibility index (Phi) is 6.17. The number of rotatable bonds is 6. The van der Waals surface area contributed by atoms with Crippen molar-refractivity contribution in [2.75, 3.05) is 53.4 Å². The highest BCUT2D eigenvalue weighted by atomic mass is 16.2. The Hall–Kier alpha value is -1.43. The van der Waals surface area contributed by atoms with Crippen LogP contribution in [0, 0.1) is 0 Å². The zero-order valence-electron chi connectivity index (χ0n) is 13.0.